The van der Waals surface area contributed by atoms with E-state index in [1.807, 2.05) is 0 Å². The quantitative estimate of drug-likeness (QED) is 0.833. The number of ether oxygens (including phenoxy) is 1. The fourth-order valence-electron chi connectivity index (χ4n) is 2.95. The maximum Gasteiger partial charge on any atom is 0.229 e. The fourth-order valence-corrected chi connectivity index (χ4v) is 2.95. The standard InChI is InChI=1S/C15H22N2O.CH3ClO2S/c1-2-4-14-13(3-1)6-12-18-15(14)5-9-17-10-7-16-8-11-17;1-5(2,3)4/h1-4,15-16H,5-12H2;1H3. The van der Waals surface area contributed by atoms with Crippen molar-refractivity contribution in [1.82, 2.24) is 10.2 Å². The lowest BCUT2D eigenvalue weighted by Gasteiger charge is -2.31. The lowest BCUT2D eigenvalue weighted by atomic mass is 9.96. The van der Waals surface area contributed by atoms with Crippen molar-refractivity contribution in [3.63, 3.8) is 0 Å². The summed E-state index contributed by atoms with van der Waals surface area (Å²) in [6, 6.07) is 8.75. The van der Waals surface area contributed by atoms with Gasteiger partial charge in [0.25, 0.3) is 0 Å². The van der Waals surface area contributed by atoms with Crippen LogP contribution in [-0.4, -0.2) is 58.9 Å². The Morgan fingerprint density at radius 3 is 2.65 bits per heavy atom. The minimum absolute atomic E-state index is 0.310. The summed E-state index contributed by atoms with van der Waals surface area (Å²) >= 11 is 0. The first-order valence-electron chi connectivity index (χ1n) is 7.95. The Kier molecular flexibility index (Phi) is 7.30. The summed E-state index contributed by atoms with van der Waals surface area (Å²) in [5.74, 6) is 0. The number of hydrogen-bond acceptors (Lipinski definition) is 5. The summed E-state index contributed by atoms with van der Waals surface area (Å²) in [5, 5.41) is 3.40. The van der Waals surface area contributed by atoms with E-state index in [-0.39, 0.29) is 0 Å². The van der Waals surface area contributed by atoms with Crippen LogP contribution in [0.1, 0.15) is 23.7 Å². The predicted octanol–water partition coefficient (Wildman–Crippen LogP) is 1.78. The number of benzene rings is 1. The summed E-state index contributed by atoms with van der Waals surface area (Å²) in [5.41, 5.74) is 2.90. The van der Waals surface area contributed by atoms with Crippen LogP contribution in [0.3, 0.4) is 0 Å². The first-order chi connectivity index (χ1) is 10.9. The molecule has 0 spiro atoms. The molecule has 5 nitrogen and oxygen atoms in total. The van der Waals surface area contributed by atoms with Gasteiger partial charge in [0.1, 0.15) is 0 Å². The van der Waals surface area contributed by atoms with Gasteiger partial charge in [0.15, 0.2) is 0 Å². The number of nitrogens with zero attached hydrogens (tertiary/aromatic N) is 1. The molecule has 1 fully saturated rings. The Hall–Kier alpha value is -0.660. The van der Waals surface area contributed by atoms with Gasteiger partial charge in [-0.1, -0.05) is 24.3 Å². The van der Waals surface area contributed by atoms with E-state index < -0.39 is 9.05 Å². The van der Waals surface area contributed by atoms with Crippen molar-refractivity contribution in [2.24, 2.45) is 0 Å². The van der Waals surface area contributed by atoms with Crippen molar-refractivity contribution in [2.75, 3.05) is 45.6 Å². The zero-order valence-electron chi connectivity index (χ0n) is 13.5. The van der Waals surface area contributed by atoms with Gasteiger partial charge in [-0.05, 0) is 24.0 Å². The number of piperazine rings is 1. The molecule has 0 bridgehead atoms. The highest BCUT2D eigenvalue weighted by molar-refractivity contribution is 8.13. The molecule has 0 saturated carbocycles. The van der Waals surface area contributed by atoms with E-state index in [2.05, 4.69) is 45.2 Å². The minimum Gasteiger partial charge on any atom is -0.373 e. The third kappa shape index (κ3) is 7.18. The maximum absolute atomic E-state index is 9.40. The van der Waals surface area contributed by atoms with Crippen molar-refractivity contribution in [1.29, 1.82) is 0 Å². The van der Waals surface area contributed by atoms with Gasteiger partial charge in [-0.3, -0.25) is 0 Å². The maximum atomic E-state index is 9.40. The summed E-state index contributed by atoms with van der Waals surface area (Å²) in [7, 11) is 1.31. The second kappa shape index (κ2) is 8.99. The van der Waals surface area contributed by atoms with E-state index in [9.17, 15) is 8.42 Å². The number of halogens is 1. The van der Waals surface area contributed by atoms with E-state index in [0.29, 0.717) is 6.10 Å². The van der Waals surface area contributed by atoms with Crippen molar-refractivity contribution >= 4 is 19.7 Å². The van der Waals surface area contributed by atoms with E-state index in [4.69, 9.17) is 4.74 Å². The highest BCUT2D eigenvalue weighted by atomic mass is 35.7. The van der Waals surface area contributed by atoms with E-state index in [1.54, 1.807) is 0 Å². The zero-order chi connectivity index (χ0) is 16.7. The van der Waals surface area contributed by atoms with Crippen LogP contribution in [0.5, 0.6) is 0 Å². The largest absolute Gasteiger partial charge is 0.373 e. The molecule has 2 heterocycles. The van der Waals surface area contributed by atoms with Crippen LogP contribution in [0.2, 0.25) is 0 Å². The molecule has 0 amide bonds. The fraction of sp³-hybridized carbons (Fsp3) is 0.625. The van der Waals surface area contributed by atoms with Gasteiger partial charge < -0.3 is 15.0 Å². The molecule has 1 atom stereocenters. The zero-order valence-corrected chi connectivity index (χ0v) is 15.1. The Labute approximate surface area is 143 Å². The van der Waals surface area contributed by atoms with E-state index in [1.165, 1.54) is 24.2 Å². The molecule has 0 aromatic heterocycles. The Balaban J connectivity index is 0.000000338. The lowest BCUT2D eigenvalue weighted by molar-refractivity contribution is 0.0285. The number of fused-ring (bicyclic) bond motifs is 1. The molecule has 0 radical (unpaired) electrons. The molecule has 1 saturated heterocycles. The van der Waals surface area contributed by atoms with Crippen LogP contribution in [0, 0.1) is 0 Å². The first kappa shape index (κ1) is 18.7. The molecule has 130 valence electrons. The summed E-state index contributed by atoms with van der Waals surface area (Å²) in [6.07, 6.45) is 3.43. The molecule has 1 unspecified atom stereocenters. The predicted molar refractivity (Wildman–Crippen MR) is 93.5 cm³/mol. The highest BCUT2D eigenvalue weighted by Crippen LogP contribution is 2.29. The van der Waals surface area contributed by atoms with Crippen LogP contribution in [0.4, 0.5) is 0 Å². The Morgan fingerprint density at radius 1 is 1.30 bits per heavy atom. The van der Waals surface area contributed by atoms with Crippen molar-refractivity contribution in [2.45, 2.75) is 18.9 Å². The van der Waals surface area contributed by atoms with Crippen LogP contribution >= 0.6 is 10.7 Å². The Bertz CT molecular complexity index is 581. The van der Waals surface area contributed by atoms with E-state index in [0.717, 1.165) is 45.3 Å². The highest BCUT2D eigenvalue weighted by Gasteiger charge is 2.21. The van der Waals surface area contributed by atoms with Crippen LogP contribution in [0.15, 0.2) is 24.3 Å². The Morgan fingerprint density at radius 2 is 1.96 bits per heavy atom. The minimum atomic E-state index is -3.19. The van der Waals surface area contributed by atoms with Gasteiger partial charge in [-0.15, -0.1) is 0 Å². The lowest BCUT2D eigenvalue weighted by Crippen LogP contribution is -2.44. The van der Waals surface area contributed by atoms with Crippen molar-refractivity contribution in [3.8, 4) is 0 Å². The molecule has 1 N–H and O–H groups in total. The second-order valence-electron chi connectivity index (χ2n) is 5.87. The van der Waals surface area contributed by atoms with Crippen LogP contribution in [-0.2, 0) is 20.2 Å². The molecular weight excluding hydrogens is 336 g/mol. The molecule has 7 heteroatoms. The summed E-state index contributed by atoms with van der Waals surface area (Å²) < 4.78 is 24.7. The average molecular weight is 361 g/mol. The van der Waals surface area contributed by atoms with Crippen LogP contribution in [0.25, 0.3) is 0 Å². The first-order valence-corrected chi connectivity index (χ1v) is 10.7. The molecule has 0 aliphatic carbocycles. The topological polar surface area (TPSA) is 58.6 Å². The second-order valence-corrected chi connectivity index (χ2v) is 8.92. The normalized spacial score (nSPS) is 21.9. The van der Waals surface area contributed by atoms with Gasteiger partial charge in [-0.2, -0.15) is 0 Å². The monoisotopic (exact) mass is 360 g/mol. The third-order valence-electron chi connectivity index (χ3n) is 4.01. The summed E-state index contributed by atoms with van der Waals surface area (Å²) in [4.78, 5) is 2.54. The molecule has 3 rings (SSSR count). The number of nitrogens with one attached hydrogen (secondary N) is 1. The molecular formula is C16H25ClN2O3S. The van der Waals surface area contributed by atoms with E-state index >= 15 is 0 Å². The van der Waals surface area contributed by atoms with Crippen molar-refractivity contribution in [3.05, 3.63) is 35.4 Å². The third-order valence-corrected chi connectivity index (χ3v) is 4.01. The van der Waals surface area contributed by atoms with Gasteiger partial charge in [-0.25, -0.2) is 8.42 Å². The molecule has 2 aliphatic rings. The molecule has 1 aromatic carbocycles. The van der Waals surface area contributed by atoms with Gasteiger partial charge in [0, 0.05) is 43.4 Å². The smallest absolute Gasteiger partial charge is 0.229 e. The van der Waals surface area contributed by atoms with Gasteiger partial charge in [0.05, 0.1) is 19.0 Å². The number of rotatable bonds is 3. The average Bonchev–Trinajstić information content (AvgIpc) is 2.52. The summed E-state index contributed by atoms with van der Waals surface area (Å²) in [6.45, 7) is 6.64. The SMILES string of the molecule is CS(=O)(=O)Cl.c1ccc2c(c1)CCOC2CCN1CCNCC1. The molecule has 1 aromatic rings. The number of hydrogen-bond donors (Lipinski definition) is 1. The van der Waals surface area contributed by atoms with Crippen LogP contribution < -0.4 is 5.32 Å². The van der Waals surface area contributed by atoms with Crippen molar-refractivity contribution < 1.29 is 13.2 Å². The molecule has 2 aliphatic heterocycles. The van der Waals surface area contributed by atoms with Gasteiger partial charge in [0.2, 0.25) is 9.05 Å². The molecule has 23 heavy (non-hydrogen) atoms. The van der Waals surface area contributed by atoms with Gasteiger partial charge >= 0.3 is 0 Å².